The summed E-state index contributed by atoms with van der Waals surface area (Å²) in [6.45, 7) is 0. The van der Waals surface area contributed by atoms with E-state index in [0.717, 1.165) is 12.1 Å². The number of pyridine rings is 1. The summed E-state index contributed by atoms with van der Waals surface area (Å²) in [4.78, 5) is 14.1. The molecule has 0 saturated carbocycles. The van der Waals surface area contributed by atoms with Crippen LogP contribution in [-0.4, -0.2) is 16.1 Å². The Labute approximate surface area is 134 Å². The molecule has 0 aliphatic heterocycles. The first-order valence-corrected chi connectivity index (χ1v) is 5.99. The number of carbonyl (C=O) groups is 1. The molecule has 0 aliphatic carbocycles. The van der Waals surface area contributed by atoms with E-state index >= 15 is 0 Å². The largest absolute Gasteiger partial charge is 0.478 e. The third-order valence-corrected chi connectivity index (χ3v) is 2.73. The van der Waals surface area contributed by atoms with Crippen LogP contribution in [0.15, 0.2) is 36.4 Å². The van der Waals surface area contributed by atoms with Crippen LogP contribution in [0, 0.1) is 0 Å². The minimum absolute atomic E-state index is 0. The van der Waals surface area contributed by atoms with Crippen LogP contribution in [0.25, 0.3) is 0 Å². The van der Waals surface area contributed by atoms with Gasteiger partial charge in [0.2, 0.25) is 0 Å². The first-order valence-electron chi connectivity index (χ1n) is 5.61. The van der Waals surface area contributed by atoms with Gasteiger partial charge in [0, 0.05) is 10.7 Å². The predicted octanol–water partition coefficient (Wildman–Crippen LogP) is 4.62. The number of carboxylic acids is 1. The Hall–Kier alpha value is -1.99. The van der Waals surface area contributed by atoms with Crippen molar-refractivity contribution >= 4 is 41.5 Å². The number of aromatic nitrogens is 1. The van der Waals surface area contributed by atoms with Crippen LogP contribution in [0.2, 0.25) is 5.02 Å². The first-order chi connectivity index (χ1) is 9.77. The second-order valence-electron chi connectivity index (χ2n) is 4.03. The molecular weight excluding hydrogens is 344 g/mol. The molecule has 0 unspecified atom stereocenters. The van der Waals surface area contributed by atoms with E-state index in [0.29, 0.717) is 10.7 Å². The van der Waals surface area contributed by atoms with Crippen molar-refractivity contribution in [2.45, 2.75) is 6.18 Å². The molecule has 2 rings (SSSR count). The SMILES string of the molecule is Cl.O=C(O)c1ccc(Nc2cccc(Cl)c2)nc1C(F)(F)F. The average molecular weight is 353 g/mol. The number of hydrogen-bond acceptors (Lipinski definition) is 3. The van der Waals surface area contributed by atoms with E-state index in [1.807, 2.05) is 0 Å². The highest BCUT2D eigenvalue weighted by Crippen LogP contribution is 2.32. The summed E-state index contributed by atoms with van der Waals surface area (Å²) in [5, 5.41) is 11.8. The van der Waals surface area contributed by atoms with E-state index in [9.17, 15) is 18.0 Å². The molecular formula is C13H9Cl2F3N2O2. The van der Waals surface area contributed by atoms with E-state index < -0.39 is 23.4 Å². The van der Waals surface area contributed by atoms with Crippen LogP contribution in [0.3, 0.4) is 0 Å². The molecule has 0 spiro atoms. The fourth-order valence-corrected chi connectivity index (χ4v) is 1.82. The Morgan fingerprint density at radius 2 is 1.91 bits per heavy atom. The van der Waals surface area contributed by atoms with E-state index in [2.05, 4.69) is 10.3 Å². The third-order valence-electron chi connectivity index (χ3n) is 2.49. The van der Waals surface area contributed by atoms with Gasteiger partial charge in [0.25, 0.3) is 0 Å². The van der Waals surface area contributed by atoms with Gasteiger partial charge in [-0.2, -0.15) is 13.2 Å². The number of hydrogen-bond donors (Lipinski definition) is 2. The van der Waals surface area contributed by atoms with Gasteiger partial charge in [0.1, 0.15) is 5.82 Å². The highest BCUT2D eigenvalue weighted by Gasteiger charge is 2.37. The van der Waals surface area contributed by atoms with Crippen molar-refractivity contribution in [3.8, 4) is 0 Å². The Bertz CT molecular complexity index is 693. The lowest BCUT2D eigenvalue weighted by Gasteiger charge is -2.12. The second-order valence-corrected chi connectivity index (χ2v) is 4.47. The molecule has 0 fully saturated rings. The lowest BCUT2D eigenvalue weighted by molar-refractivity contribution is -0.141. The fourth-order valence-electron chi connectivity index (χ4n) is 1.63. The maximum absolute atomic E-state index is 12.8. The van der Waals surface area contributed by atoms with Crippen LogP contribution < -0.4 is 5.32 Å². The molecule has 4 nitrogen and oxygen atoms in total. The van der Waals surface area contributed by atoms with Crippen molar-refractivity contribution in [1.29, 1.82) is 0 Å². The summed E-state index contributed by atoms with van der Waals surface area (Å²) in [7, 11) is 0. The van der Waals surface area contributed by atoms with Crippen molar-refractivity contribution < 1.29 is 23.1 Å². The summed E-state index contributed by atoms with van der Waals surface area (Å²) in [6.07, 6.45) is -4.86. The molecule has 0 amide bonds. The van der Waals surface area contributed by atoms with Crippen molar-refractivity contribution in [2.75, 3.05) is 5.32 Å². The number of rotatable bonds is 3. The molecule has 1 aromatic heterocycles. The topological polar surface area (TPSA) is 62.2 Å². The first kappa shape index (κ1) is 18.1. The van der Waals surface area contributed by atoms with Gasteiger partial charge in [-0.3, -0.25) is 0 Å². The van der Waals surface area contributed by atoms with Crippen LogP contribution in [0.5, 0.6) is 0 Å². The molecule has 0 saturated heterocycles. The van der Waals surface area contributed by atoms with Crippen molar-refractivity contribution in [2.24, 2.45) is 0 Å². The number of aromatic carboxylic acids is 1. The van der Waals surface area contributed by atoms with Crippen molar-refractivity contribution in [1.82, 2.24) is 4.98 Å². The Balaban J connectivity index is 0.00000242. The molecule has 0 aliphatic rings. The Morgan fingerprint density at radius 1 is 1.23 bits per heavy atom. The van der Waals surface area contributed by atoms with Gasteiger partial charge in [-0.05, 0) is 30.3 Å². The molecule has 118 valence electrons. The zero-order valence-electron chi connectivity index (χ0n) is 10.7. The summed E-state index contributed by atoms with van der Waals surface area (Å²) in [6, 6.07) is 8.31. The normalized spacial score (nSPS) is 10.7. The molecule has 2 aromatic rings. The van der Waals surface area contributed by atoms with Gasteiger partial charge in [-0.1, -0.05) is 17.7 Å². The van der Waals surface area contributed by atoms with Gasteiger partial charge in [-0.25, -0.2) is 9.78 Å². The van der Waals surface area contributed by atoms with E-state index in [-0.39, 0.29) is 18.2 Å². The van der Waals surface area contributed by atoms with Gasteiger partial charge in [0.05, 0.1) is 5.56 Å². The minimum atomic E-state index is -4.86. The number of benzene rings is 1. The molecule has 0 radical (unpaired) electrons. The highest BCUT2D eigenvalue weighted by atomic mass is 35.5. The highest BCUT2D eigenvalue weighted by molar-refractivity contribution is 6.30. The quantitative estimate of drug-likeness (QED) is 0.846. The Kier molecular flexibility index (Phi) is 5.62. The molecule has 2 N–H and O–H groups in total. The Morgan fingerprint density at radius 3 is 2.45 bits per heavy atom. The minimum Gasteiger partial charge on any atom is -0.478 e. The van der Waals surface area contributed by atoms with Crippen LogP contribution in [0.4, 0.5) is 24.7 Å². The predicted molar refractivity (Wildman–Crippen MR) is 78.2 cm³/mol. The summed E-state index contributed by atoms with van der Waals surface area (Å²) >= 11 is 5.76. The molecule has 22 heavy (non-hydrogen) atoms. The molecule has 0 atom stereocenters. The van der Waals surface area contributed by atoms with Gasteiger partial charge in [-0.15, -0.1) is 12.4 Å². The van der Waals surface area contributed by atoms with Crippen molar-refractivity contribution in [3.63, 3.8) is 0 Å². The molecule has 0 bridgehead atoms. The number of anilines is 2. The maximum atomic E-state index is 12.8. The number of nitrogens with one attached hydrogen (secondary N) is 1. The fraction of sp³-hybridized carbons (Fsp3) is 0.0769. The second kappa shape index (κ2) is 6.85. The lowest BCUT2D eigenvalue weighted by atomic mass is 10.2. The summed E-state index contributed by atoms with van der Waals surface area (Å²) in [5.41, 5.74) is -1.92. The summed E-state index contributed by atoms with van der Waals surface area (Å²) in [5.74, 6) is -1.82. The average Bonchev–Trinajstić information content (AvgIpc) is 2.37. The molecule has 1 aromatic carbocycles. The van der Waals surface area contributed by atoms with Gasteiger partial charge >= 0.3 is 12.1 Å². The number of halogens is 5. The zero-order chi connectivity index (χ0) is 15.6. The van der Waals surface area contributed by atoms with E-state index in [4.69, 9.17) is 16.7 Å². The number of nitrogens with zero attached hydrogens (tertiary/aromatic N) is 1. The molecule has 1 heterocycles. The van der Waals surface area contributed by atoms with Gasteiger partial charge in [0.15, 0.2) is 5.69 Å². The zero-order valence-corrected chi connectivity index (χ0v) is 12.3. The molecule has 9 heteroatoms. The number of carboxylic acid groups (broad SMARTS) is 1. The maximum Gasteiger partial charge on any atom is 0.434 e. The van der Waals surface area contributed by atoms with E-state index in [1.165, 1.54) is 6.07 Å². The third kappa shape index (κ3) is 4.25. The summed E-state index contributed by atoms with van der Waals surface area (Å²) < 4.78 is 38.5. The van der Waals surface area contributed by atoms with Crippen LogP contribution >= 0.6 is 24.0 Å². The standard InChI is InChI=1S/C13H8ClF3N2O2.ClH/c14-7-2-1-3-8(6-7)18-10-5-4-9(12(20)21)11(19-10)13(15,16)17;/h1-6H,(H,18,19)(H,20,21);1H. The van der Waals surface area contributed by atoms with Crippen LogP contribution in [-0.2, 0) is 6.18 Å². The van der Waals surface area contributed by atoms with Crippen molar-refractivity contribution in [3.05, 3.63) is 52.7 Å². The van der Waals surface area contributed by atoms with Crippen LogP contribution in [0.1, 0.15) is 16.1 Å². The lowest BCUT2D eigenvalue weighted by Crippen LogP contribution is -2.16. The van der Waals surface area contributed by atoms with Gasteiger partial charge < -0.3 is 10.4 Å². The van der Waals surface area contributed by atoms with E-state index in [1.54, 1.807) is 18.2 Å². The number of alkyl halides is 3. The monoisotopic (exact) mass is 352 g/mol. The smallest absolute Gasteiger partial charge is 0.434 e.